The van der Waals surface area contributed by atoms with Crippen LogP contribution in [0.5, 0.6) is 6.01 Å². The van der Waals surface area contributed by atoms with E-state index in [1.165, 1.54) is 0 Å². The van der Waals surface area contributed by atoms with Crippen molar-refractivity contribution in [1.82, 2.24) is 15.0 Å². The Labute approximate surface area is 126 Å². The average molecular weight is 297 g/mol. The van der Waals surface area contributed by atoms with Crippen LogP contribution in [0.2, 0.25) is 0 Å². The number of aliphatic hydroxyl groups excluding tert-OH is 1. The summed E-state index contributed by atoms with van der Waals surface area (Å²) in [5.41, 5.74) is 0. The third kappa shape index (κ3) is 7.08. The van der Waals surface area contributed by atoms with Gasteiger partial charge in [0.2, 0.25) is 11.9 Å². The summed E-state index contributed by atoms with van der Waals surface area (Å²) in [6.07, 6.45) is 0.285. The third-order valence-electron chi connectivity index (χ3n) is 2.53. The number of hydrogen-bond donors (Lipinski definition) is 3. The maximum atomic E-state index is 9.89. The highest BCUT2D eigenvalue weighted by Gasteiger charge is 2.11. The molecule has 0 bridgehead atoms. The summed E-state index contributed by atoms with van der Waals surface area (Å²) in [4.78, 5) is 12.6. The van der Waals surface area contributed by atoms with Gasteiger partial charge in [0.15, 0.2) is 0 Å². The first-order valence-electron chi connectivity index (χ1n) is 7.49. The summed E-state index contributed by atoms with van der Waals surface area (Å²) in [7, 11) is 0. The molecule has 0 aliphatic carbocycles. The van der Waals surface area contributed by atoms with Crippen LogP contribution >= 0.6 is 0 Å². The predicted octanol–water partition coefficient (Wildman–Crippen LogP) is 1.91. The first kappa shape index (κ1) is 17.4. The molecule has 120 valence electrons. The zero-order valence-corrected chi connectivity index (χ0v) is 13.6. The van der Waals surface area contributed by atoms with Crippen molar-refractivity contribution in [3.8, 4) is 6.01 Å². The van der Waals surface area contributed by atoms with E-state index in [2.05, 4.69) is 39.4 Å². The third-order valence-corrected chi connectivity index (χ3v) is 2.53. The molecule has 1 aromatic rings. The lowest BCUT2D eigenvalue weighted by atomic mass is 10.1. The van der Waals surface area contributed by atoms with Gasteiger partial charge in [-0.3, -0.25) is 0 Å². The van der Waals surface area contributed by atoms with Crippen LogP contribution < -0.4 is 15.4 Å². The molecule has 1 aromatic heterocycles. The lowest BCUT2D eigenvalue weighted by molar-refractivity contribution is 0.161. The Balaban J connectivity index is 2.72. The van der Waals surface area contributed by atoms with Crippen molar-refractivity contribution in [3.05, 3.63) is 0 Å². The van der Waals surface area contributed by atoms with Crippen molar-refractivity contribution >= 4 is 11.9 Å². The van der Waals surface area contributed by atoms with Gasteiger partial charge in [0.1, 0.15) is 0 Å². The number of nitrogens with one attached hydrogen (secondary N) is 2. The lowest BCUT2D eigenvalue weighted by Gasteiger charge is -2.15. The first-order chi connectivity index (χ1) is 9.90. The van der Waals surface area contributed by atoms with Gasteiger partial charge < -0.3 is 20.5 Å². The molecule has 7 nitrogen and oxygen atoms in total. The molecule has 1 unspecified atom stereocenters. The van der Waals surface area contributed by atoms with E-state index in [1.807, 2.05) is 20.8 Å². The van der Waals surface area contributed by atoms with Gasteiger partial charge in [-0.25, -0.2) is 0 Å². The lowest BCUT2D eigenvalue weighted by Crippen LogP contribution is -2.23. The molecule has 21 heavy (non-hydrogen) atoms. The number of nitrogens with zero attached hydrogens (tertiary/aromatic N) is 3. The van der Waals surface area contributed by atoms with Gasteiger partial charge in [0, 0.05) is 13.1 Å². The molecule has 0 amide bonds. The van der Waals surface area contributed by atoms with Gasteiger partial charge in [-0.2, -0.15) is 15.0 Å². The molecule has 0 saturated carbocycles. The summed E-state index contributed by atoms with van der Waals surface area (Å²) in [5, 5.41) is 16.0. The molecule has 1 heterocycles. The van der Waals surface area contributed by atoms with Crippen LogP contribution in [0.1, 0.15) is 41.0 Å². The fourth-order valence-electron chi connectivity index (χ4n) is 1.77. The molecule has 0 radical (unpaired) electrons. The van der Waals surface area contributed by atoms with Crippen LogP contribution in [-0.4, -0.2) is 45.4 Å². The van der Waals surface area contributed by atoms with Crippen molar-refractivity contribution < 1.29 is 9.84 Å². The van der Waals surface area contributed by atoms with E-state index in [-0.39, 0.29) is 12.1 Å². The quantitative estimate of drug-likeness (QED) is 0.641. The molecular weight excluding hydrogens is 270 g/mol. The normalized spacial score (nSPS) is 12.6. The van der Waals surface area contributed by atoms with E-state index in [1.54, 1.807) is 0 Å². The summed E-state index contributed by atoms with van der Waals surface area (Å²) < 4.78 is 5.51. The minimum absolute atomic E-state index is 0.0127. The predicted molar refractivity (Wildman–Crippen MR) is 83.7 cm³/mol. The largest absolute Gasteiger partial charge is 0.461 e. The van der Waals surface area contributed by atoms with Gasteiger partial charge in [0.25, 0.3) is 0 Å². The Morgan fingerprint density at radius 3 is 2.19 bits per heavy atom. The molecule has 0 aliphatic rings. The molecule has 1 atom stereocenters. The number of anilines is 2. The van der Waals surface area contributed by atoms with Crippen molar-refractivity contribution in [2.24, 2.45) is 5.92 Å². The maximum Gasteiger partial charge on any atom is 0.323 e. The molecule has 0 aliphatic heterocycles. The Morgan fingerprint density at radius 2 is 1.67 bits per heavy atom. The SMILES string of the molecule is CCNc1nc(NCC(O)CC(C)C)nc(OC(C)C)n1. The van der Waals surface area contributed by atoms with Crippen molar-refractivity contribution in [1.29, 1.82) is 0 Å². The van der Waals surface area contributed by atoms with E-state index < -0.39 is 6.10 Å². The van der Waals surface area contributed by atoms with Crippen LogP contribution in [0.4, 0.5) is 11.9 Å². The first-order valence-corrected chi connectivity index (χ1v) is 7.49. The second-order valence-electron chi connectivity index (χ2n) is 5.63. The number of rotatable bonds is 9. The Hall–Kier alpha value is -1.63. The summed E-state index contributed by atoms with van der Waals surface area (Å²) in [6.45, 7) is 11.0. The summed E-state index contributed by atoms with van der Waals surface area (Å²) in [5.74, 6) is 1.31. The van der Waals surface area contributed by atoms with Gasteiger partial charge >= 0.3 is 6.01 Å². The van der Waals surface area contributed by atoms with Gasteiger partial charge in [-0.1, -0.05) is 13.8 Å². The van der Waals surface area contributed by atoms with Crippen LogP contribution in [0.25, 0.3) is 0 Å². The molecule has 7 heteroatoms. The van der Waals surface area contributed by atoms with E-state index in [4.69, 9.17) is 4.74 Å². The molecule has 0 spiro atoms. The zero-order valence-electron chi connectivity index (χ0n) is 13.6. The fraction of sp³-hybridized carbons (Fsp3) is 0.786. The van der Waals surface area contributed by atoms with E-state index in [0.29, 0.717) is 30.9 Å². The summed E-state index contributed by atoms with van der Waals surface area (Å²) >= 11 is 0. The van der Waals surface area contributed by atoms with E-state index >= 15 is 0 Å². The highest BCUT2D eigenvalue weighted by Crippen LogP contribution is 2.13. The highest BCUT2D eigenvalue weighted by atomic mass is 16.5. The van der Waals surface area contributed by atoms with Crippen molar-refractivity contribution in [2.75, 3.05) is 23.7 Å². The van der Waals surface area contributed by atoms with E-state index in [9.17, 15) is 5.11 Å². The number of hydrogen-bond acceptors (Lipinski definition) is 7. The van der Waals surface area contributed by atoms with Crippen molar-refractivity contribution in [3.63, 3.8) is 0 Å². The highest BCUT2D eigenvalue weighted by molar-refractivity contribution is 5.35. The van der Waals surface area contributed by atoms with Crippen LogP contribution in [0, 0.1) is 5.92 Å². The molecular formula is C14H27N5O2. The smallest absolute Gasteiger partial charge is 0.323 e. The molecule has 0 saturated heterocycles. The van der Waals surface area contributed by atoms with Gasteiger partial charge in [-0.05, 0) is 33.1 Å². The Bertz CT molecular complexity index is 426. The van der Waals surface area contributed by atoms with Crippen molar-refractivity contribution in [2.45, 2.75) is 53.2 Å². The molecule has 1 rings (SSSR count). The standard InChI is InChI=1S/C14H27N5O2/c1-6-15-12-17-13(16-8-11(20)7-9(2)3)19-14(18-12)21-10(4)5/h9-11,20H,6-8H2,1-5H3,(H2,15,16,17,18,19). The minimum Gasteiger partial charge on any atom is -0.461 e. The maximum absolute atomic E-state index is 9.89. The van der Waals surface area contributed by atoms with Crippen LogP contribution in [0.3, 0.4) is 0 Å². The van der Waals surface area contributed by atoms with Crippen LogP contribution in [0.15, 0.2) is 0 Å². The fourth-order valence-corrected chi connectivity index (χ4v) is 1.77. The average Bonchev–Trinajstić information content (AvgIpc) is 2.35. The topological polar surface area (TPSA) is 92.2 Å². The second-order valence-corrected chi connectivity index (χ2v) is 5.63. The Morgan fingerprint density at radius 1 is 1.05 bits per heavy atom. The number of aliphatic hydroxyl groups is 1. The molecule has 0 fully saturated rings. The van der Waals surface area contributed by atoms with Crippen LogP contribution in [-0.2, 0) is 0 Å². The Kier molecular flexibility index (Phi) is 7.14. The molecule has 0 aromatic carbocycles. The number of aromatic nitrogens is 3. The number of ether oxygens (including phenoxy) is 1. The summed E-state index contributed by atoms with van der Waals surface area (Å²) in [6, 6.07) is 0.275. The van der Waals surface area contributed by atoms with Gasteiger partial charge in [-0.15, -0.1) is 0 Å². The monoisotopic (exact) mass is 297 g/mol. The van der Waals surface area contributed by atoms with E-state index in [0.717, 1.165) is 6.42 Å². The second kappa shape index (κ2) is 8.61. The molecule has 3 N–H and O–H groups in total. The van der Waals surface area contributed by atoms with Gasteiger partial charge in [0.05, 0.1) is 12.2 Å². The minimum atomic E-state index is -0.432. The zero-order chi connectivity index (χ0) is 15.8.